The molecular weight excluding hydrogens is 238 g/mol. The molecule has 19 heavy (non-hydrogen) atoms. The third-order valence-electron chi connectivity index (χ3n) is 3.05. The number of nitrogens with two attached hydrogens (primary N) is 1. The lowest BCUT2D eigenvalue weighted by Crippen LogP contribution is -2.30. The van der Waals surface area contributed by atoms with Crippen LogP contribution in [-0.4, -0.2) is 32.8 Å². The molecule has 0 bridgehead atoms. The summed E-state index contributed by atoms with van der Waals surface area (Å²) in [5, 5.41) is 4.20. The molecule has 1 aromatic heterocycles. The van der Waals surface area contributed by atoms with Crippen LogP contribution in [0.4, 0.5) is 0 Å². The van der Waals surface area contributed by atoms with Crippen LogP contribution in [0.5, 0.6) is 0 Å². The third-order valence-corrected chi connectivity index (χ3v) is 3.05. The Bertz CT molecular complexity index is 480. The molecule has 0 aliphatic rings. The largest absolute Gasteiger partial charge is 0.329 e. The smallest absolute Gasteiger partial charge is 0.141 e. The molecule has 0 saturated heterocycles. The highest BCUT2D eigenvalue weighted by atomic mass is 15.3. The summed E-state index contributed by atoms with van der Waals surface area (Å²) in [4.78, 5) is 6.62. The second kappa shape index (κ2) is 7.01. The van der Waals surface area contributed by atoms with E-state index >= 15 is 0 Å². The van der Waals surface area contributed by atoms with E-state index in [0.29, 0.717) is 6.54 Å². The van der Waals surface area contributed by atoms with Gasteiger partial charge in [-0.1, -0.05) is 30.3 Å². The molecule has 1 heterocycles. The molecule has 2 N–H and O–H groups in total. The van der Waals surface area contributed by atoms with Crippen LogP contribution in [0.3, 0.4) is 0 Å². The molecule has 0 aliphatic heterocycles. The van der Waals surface area contributed by atoms with Gasteiger partial charge in [0.2, 0.25) is 0 Å². The summed E-state index contributed by atoms with van der Waals surface area (Å²) in [6.07, 6.45) is 1.61. The zero-order chi connectivity index (χ0) is 13.5. The number of rotatable bonds is 7. The fourth-order valence-electron chi connectivity index (χ4n) is 2.11. The SMILES string of the molecule is CCn1ncnc1CN(CCN)Cc1ccccc1. The minimum Gasteiger partial charge on any atom is -0.329 e. The van der Waals surface area contributed by atoms with Crippen molar-refractivity contribution in [3.63, 3.8) is 0 Å². The predicted molar refractivity (Wildman–Crippen MR) is 75.3 cm³/mol. The summed E-state index contributed by atoms with van der Waals surface area (Å²) in [6.45, 7) is 6.08. The molecule has 2 rings (SSSR count). The quantitative estimate of drug-likeness (QED) is 0.813. The molecular formula is C14H21N5. The Kier molecular flexibility index (Phi) is 5.06. The van der Waals surface area contributed by atoms with Gasteiger partial charge in [0.25, 0.3) is 0 Å². The lowest BCUT2D eigenvalue weighted by atomic mass is 10.2. The van der Waals surface area contributed by atoms with E-state index in [0.717, 1.165) is 32.0 Å². The molecule has 1 aromatic carbocycles. The molecule has 0 amide bonds. The van der Waals surface area contributed by atoms with Crippen LogP contribution >= 0.6 is 0 Å². The molecule has 0 unspecified atom stereocenters. The minimum absolute atomic E-state index is 0.646. The molecule has 5 nitrogen and oxygen atoms in total. The van der Waals surface area contributed by atoms with Crippen molar-refractivity contribution in [1.29, 1.82) is 0 Å². The van der Waals surface area contributed by atoms with Crippen molar-refractivity contribution in [2.75, 3.05) is 13.1 Å². The van der Waals surface area contributed by atoms with Gasteiger partial charge in [-0.2, -0.15) is 5.10 Å². The summed E-state index contributed by atoms with van der Waals surface area (Å²) in [5.74, 6) is 0.992. The van der Waals surface area contributed by atoms with Crippen molar-refractivity contribution < 1.29 is 0 Å². The Labute approximate surface area is 114 Å². The van der Waals surface area contributed by atoms with Crippen LogP contribution in [0.15, 0.2) is 36.7 Å². The Balaban J connectivity index is 2.04. The van der Waals surface area contributed by atoms with Crippen molar-refractivity contribution in [2.45, 2.75) is 26.6 Å². The average Bonchev–Trinajstić information content (AvgIpc) is 2.87. The molecule has 102 valence electrons. The van der Waals surface area contributed by atoms with Crippen molar-refractivity contribution in [3.8, 4) is 0 Å². The monoisotopic (exact) mass is 259 g/mol. The lowest BCUT2D eigenvalue weighted by Gasteiger charge is -2.21. The van der Waals surface area contributed by atoms with Gasteiger partial charge in [-0.25, -0.2) is 9.67 Å². The van der Waals surface area contributed by atoms with Gasteiger partial charge >= 0.3 is 0 Å². The van der Waals surface area contributed by atoms with Crippen LogP contribution in [0.1, 0.15) is 18.3 Å². The standard InChI is InChI=1S/C14H21N5/c1-2-19-14(16-12-17-19)11-18(9-8-15)10-13-6-4-3-5-7-13/h3-7,12H,2,8-11,15H2,1H3. The highest BCUT2D eigenvalue weighted by Gasteiger charge is 2.10. The number of aromatic nitrogens is 3. The van der Waals surface area contributed by atoms with E-state index in [-0.39, 0.29) is 0 Å². The molecule has 0 spiro atoms. The number of nitrogens with zero attached hydrogens (tertiary/aromatic N) is 4. The summed E-state index contributed by atoms with van der Waals surface area (Å²) >= 11 is 0. The van der Waals surface area contributed by atoms with Gasteiger partial charge in [0, 0.05) is 26.2 Å². The fraction of sp³-hybridized carbons (Fsp3) is 0.429. The highest BCUT2D eigenvalue weighted by molar-refractivity contribution is 5.14. The maximum Gasteiger partial charge on any atom is 0.141 e. The molecule has 2 aromatic rings. The molecule has 0 fully saturated rings. The van der Waals surface area contributed by atoms with Crippen LogP contribution in [0, 0.1) is 0 Å². The Morgan fingerprint density at radius 3 is 2.68 bits per heavy atom. The first kappa shape index (κ1) is 13.7. The summed E-state index contributed by atoms with van der Waals surface area (Å²) < 4.78 is 1.93. The normalized spacial score (nSPS) is 11.1. The second-order valence-electron chi connectivity index (χ2n) is 4.48. The van der Waals surface area contributed by atoms with Gasteiger partial charge < -0.3 is 5.73 Å². The second-order valence-corrected chi connectivity index (χ2v) is 4.48. The van der Waals surface area contributed by atoms with Gasteiger partial charge in [0.1, 0.15) is 12.2 Å². The highest BCUT2D eigenvalue weighted by Crippen LogP contribution is 2.07. The topological polar surface area (TPSA) is 60.0 Å². The average molecular weight is 259 g/mol. The van der Waals surface area contributed by atoms with Gasteiger partial charge in [-0.05, 0) is 12.5 Å². The number of hydrogen-bond acceptors (Lipinski definition) is 4. The minimum atomic E-state index is 0.646. The van der Waals surface area contributed by atoms with Crippen LogP contribution in [-0.2, 0) is 19.6 Å². The predicted octanol–water partition coefficient (Wildman–Crippen LogP) is 1.26. The summed E-state index contributed by atoms with van der Waals surface area (Å²) in [7, 11) is 0. The first-order valence-corrected chi connectivity index (χ1v) is 6.66. The fourth-order valence-corrected chi connectivity index (χ4v) is 2.11. The van der Waals surface area contributed by atoms with Crippen molar-refractivity contribution >= 4 is 0 Å². The molecule has 0 aliphatic carbocycles. The van der Waals surface area contributed by atoms with E-state index in [1.165, 1.54) is 5.56 Å². The van der Waals surface area contributed by atoms with Gasteiger partial charge in [0.15, 0.2) is 0 Å². The van der Waals surface area contributed by atoms with E-state index in [9.17, 15) is 0 Å². The summed E-state index contributed by atoms with van der Waals surface area (Å²) in [6, 6.07) is 10.4. The van der Waals surface area contributed by atoms with E-state index in [1.807, 2.05) is 10.7 Å². The van der Waals surface area contributed by atoms with E-state index in [4.69, 9.17) is 5.73 Å². The first-order valence-electron chi connectivity index (χ1n) is 6.66. The van der Waals surface area contributed by atoms with Gasteiger partial charge in [0.05, 0.1) is 6.54 Å². The zero-order valence-electron chi connectivity index (χ0n) is 11.4. The first-order chi connectivity index (χ1) is 9.33. The van der Waals surface area contributed by atoms with E-state index < -0.39 is 0 Å². The molecule has 5 heteroatoms. The van der Waals surface area contributed by atoms with Gasteiger partial charge in [-0.3, -0.25) is 4.90 Å². The molecule has 0 saturated carbocycles. The number of hydrogen-bond donors (Lipinski definition) is 1. The van der Waals surface area contributed by atoms with E-state index in [1.54, 1.807) is 6.33 Å². The van der Waals surface area contributed by atoms with E-state index in [2.05, 4.69) is 46.2 Å². The zero-order valence-corrected chi connectivity index (χ0v) is 11.4. The van der Waals surface area contributed by atoms with Crippen molar-refractivity contribution in [3.05, 3.63) is 48.0 Å². The third kappa shape index (κ3) is 3.87. The maximum atomic E-state index is 5.70. The molecule has 0 atom stereocenters. The number of benzene rings is 1. The van der Waals surface area contributed by atoms with Crippen LogP contribution < -0.4 is 5.73 Å². The van der Waals surface area contributed by atoms with Crippen LogP contribution in [0.25, 0.3) is 0 Å². The van der Waals surface area contributed by atoms with Crippen LogP contribution in [0.2, 0.25) is 0 Å². The van der Waals surface area contributed by atoms with Crippen molar-refractivity contribution in [2.24, 2.45) is 5.73 Å². The number of aryl methyl sites for hydroxylation is 1. The Hall–Kier alpha value is -1.72. The molecule has 0 radical (unpaired) electrons. The Morgan fingerprint density at radius 2 is 2.00 bits per heavy atom. The Morgan fingerprint density at radius 1 is 1.21 bits per heavy atom. The lowest BCUT2D eigenvalue weighted by molar-refractivity contribution is 0.252. The van der Waals surface area contributed by atoms with Crippen molar-refractivity contribution in [1.82, 2.24) is 19.7 Å². The van der Waals surface area contributed by atoms with Gasteiger partial charge in [-0.15, -0.1) is 0 Å². The summed E-state index contributed by atoms with van der Waals surface area (Å²) in [5.41, 5.74) is 6.99. The maximum absolute atomic E-state index is 5.70.